The Morgan fingerprint density at radius 1 is 1.29 bits per heavy atom. The van der Waals surface area contributed by atoms with Crippen LogP contribution in [0.4, 0.5) is 0 Å². The van der Waals surface area contributed by atoms with E-state index in [2.05, 4.69) is 16.2 Å². The molecule has 0 fully saturated rings. The Morgan fingerprint density at radius 3 is 2.67 bits per heavy atom. The zero-order valence-corrected chi connectivity index (χ0v) is 15.3. The van der Waals surface area contributed by atoms with Crippen molar-refractivity contribution in [1.29, 1.82) is 0 Å². The molecular formula is C17H20N2O3S2. The first kappa shape index (κ1) is 17.1. The van der Waals surface area contributed by atoms with Crippen LogP contribution in [0.2, 0.25) is 0 Å². The molecule has 7 heteroatoms. The van der Waals surface area contributed by atoms with Crippen molar-refractivity contribution in [2.45, 2.75) is 31.2 Å². The van der Waals surface area contributed by atoms with Gasteiger partial charge in [-0.15, -0.1) is 11.3 Å². The van der Waals surface area contributed by atoms with Crippen LogP contribution in [0.1, 0.15) is 40.7 Å². The van der Waals surface area contributed by atoms with Crippen LogP contribution in [0.15, 0.2) is 40.6 Å². The topological polar surface area (TPSA) is 66.5 Å². The Balaban J connectivity index is 1.81. The number of sulfonamides is 1. The summed E-state index contributed by atoms with van der Waals surface area (Å²) in [5.41, 5.74) is 1.72. The van der Waals surface area contributed by atoms with Gasteiger partial charge >= 0.3 is 0 Å². The van der Waals surface area contributed by atoms with E-state index in [9.17, 15) is 13.2 Å². The average Bonchev–Trinajstić information content (AvgIpc) is 3.04. The van der Waals surface area contributed by atoms with E-state index in [4.69, 9.17) is 0 Å². The van der Waals surface area contributed by atoms with Gasteiger partial charge in [0.1, 0.15) is 0 Å². The molecule has 1 aromatic heterocycles. The van der Waals surface area contributed by atoms with Crippen molar-refractivity contribution in [1.82, 2.24) is 9.62 Å². The SMILES string of the molecule is CCNS(=O)(=O)c1ccc(C(=O)N2CCc3sccc3[C@@H]2C)cc1. The van der Waals surface area contributed by atoms with Gasteiger partial charge in [0.05, 0.1) is 10.9 Å². The first-order valence-corrected chi connectivity index (χ1v) is 10.3. The van der Waals surface area contributed by atoms with Crippen LogP contribution >= 0.6 is 11.3 Å². The van der Waals surface area contributed by atoms with Gasteiger partial charge in [-0.2, -0.15) is 0 Å². The van der Waals surface area contributed by atoms with Crippen molar-refractivity contribution in [3.63, 3.8) is 0 Å². The van der Waals surface area contributed by atoms with Crippen LogP contribution < -0.4 is 4.72 Å². The Hall–Kier alpha value is -1.70. The number of hydrogen-bond acceptors (Lipinski definition) is 4. The van der Waals surface area contributed by atoms with E-state index in [1.165, 1.54) is 22.6 Å². The predicted octanol–water partition coefficient (Wildman–Crippen LogP) is 2.81. The van der Waals surface area contributed by atoms with Crippen LogP contribution in [-0.2, 0) is 16.4 Å². The van der Waals surface area contributed by atoms with Crippen molar-refractivity contribution in [3.8, 4) is 0 Å². The van der Waals surface area contributed by atoms with E-state index >= 15 is 0 Å². The lowest BCUT2D eigenvalue weighted by Crippen LogP contribution is -2.38. The van der Waals surface area contributed by atoms with Crippen molar-refractivity contribution < 1.29 is 13.2 Å². The molecule has 0 spiro atoms. The second kappa shape index (κ2) is 6.66. The van der Waals surface area contributed by atoms with Gasteiger partial charge in [-0.25, -0.2) is 13.1 Å². The molecule has 5 nitrogen and oxygen atoms in total. The van der Waals surface area contributed by atoms with Crippen molar-refractivity contribution in [3.05, 3.63) is 51.7 Å². The number of thiophene rings is 1. The first-order chi connectivity index (χ1) is 11.4. The number of rotatable bonds is 4. The molecule has 0 saturated heterocycles. The normalized spacial score (nSPS) is 17.6. The fourth-order valence-corrected chi connectivity index (χ4v) is 5.01. The summed E-state index contributed by atoms with van der Waals surface area (Å²) in [5.74, 6) is -0.0632. The molecule has 1 aliphatic heterocycles. The van der Waals surface area contributed by atoms with E-state index in [0.29, 0.717) is 18.7 Å². The molecule has 1 aromatic carbocycles. The lowest BCUT2D eigenvalue weighted by Gasteiger charge is -2.33. The third-order valence-electron chi connectivity index (χ3n) is 4.28. The van der Waals surface area contributed by atoms with Crippen molar-refractivity contribution in [2.24, 2.45) is 0 Å². The minimum atomic E-state index is -3.49. The molecule has 1 amide bonds. The second-order valence-electron chi connectivity index (χ2n) is 5.75. The summed E-state index contributed by atoms with van der Waals surface area (Å²) in [5, 5.41) is 2.07. The third kappa shape index (κ3) is 3.11. The van der Waals surface area contributed by atoms with E-state index < -0.39 is 10.0 Å². The summed E-state index contributed by atoms with van der Waals surface area (Å²) in [7, 11) is -3.49. The molecule has 0 radical (unpaired) electrons. The van der Waals surface area contributed by atoms with Gasteiger partial charge in [0.15, 0.2) is 0 Å². The van der Waals surface area contributed by atoms with Gasteiger partial charge in [0.2, 0.25) is 10.0 Å². The fourth-order valence-electron chi connectivity index (χ4n) is 3.00. The van der Waals surface area contributed by atoms with Crippen LogP contribution in [0.3, 0.4) is 0 Å². The maximum atomic E-state index is 12.8. The molecule has 1 N–H and O–H groups in total. The van der Waals surface area contributed by atoms with Gasteiger partial charge in [0, 0.05) is 23.5 Å². The molecule has 24 heavy (non-hydrogen) atoms. The minimum absolute atomic E-state index is 0.0395. The highest BCUT2D eigenvalue weighted by atomic mass is 32.2. The molecule has 2 aromatic rings. The summed E-state index contributed by atoms with van der Waals surface area (Å²) in [6.07, 6.45) is 0.871. The Labute approximate surface area is 146 Å². The predicted molar refractivity (Wildman–Crippen MR) is 94.8 cm³/mol. The summed E-state index contributed by atoms with van der Waals surface area (Å²) < 4.78 is 26.4. The van der Waals surface area contributed by atoms with Gasteiger partial charge < -0.3 is 4.90 Å². The fraction of sp³-hybridized carbons (Fsp3) is 0.353. The first-order valence-electron chi connectivity index (χ1n) is 7.91. The summed E-state index contributed by atoms with van der Waals surface area (Å²) >= 11 is 1.74. The average molecular weight is 364 g/mol. The quantitative estimate of drug-likeness (QED) is 0.907. The summed E-state index contributed by atoms with van der Waals surface area (Å²) in [4.78, 5) is 16.2. The van der Waals surface area contributed by atoms with Crippen LogP contribution in [0.5, 0.6) is 0 Å². The van der Waals surface area contributed by atoms with Crippen molar-refractivity contribution >= 4 is 27.3 Å². The maximum Gasteiger partial charge on any atom is 0.254 e. The van der Waals surface area contributed by atoms with E-state index in [-0.39, 0.29) is 16.8 Å². The zero-order valence-electron chi connectivity index (χ0n) is 13.7. The van der Waals surface area contributed by atoms with E-state index in [1.807, 2.05) is 11.8 Å². The largest absolute Gasteiger partial charge is 0.331 e. The lowest BCUT2D eigenvalue weighted by molar-refractivity contribution is 0.0679. The molecule has 0 aliphatic carbocycles. The highest BCUT2D eigenvalue weighted by Crippen LogP contribution is 2.33. The monoisotopic (exact) mass is 364 g/mol. The van der Waals surface area contributed by atoms with Gasteiger partial charge in [-0.05, 0) is 54.6 Å². The second-order valence-corrected chi connectivity index (χ2v) is 8.52. The van der Waals surface area contributed by atoms with Crippen molar-refractivity contribution in [2.75, 3.05) is 13.1 Å². The molecule has 3 rings (SSSR count). The minimum Gasteiger partial charge on any atom is -0.331 e. The van der Waals surface area contributed by atoms with Crippen LogP contribution in [-0.4, -0.2) is 32.3 Å². The number of carbonyl (C=O) groups excluding carboxylic acids is 1. The Bertz CT molecular complexity index is 841. The number of benzene rings is 1. The smallest absolute Gasteiger partial charge is 0.254 e. The number of hydrogen-bond donors (Lipinski definition) is 1. The Kier molecular flexibility index (Phi) is 4.76. The molecule has 1 aliphatic rings. The standard InChI is InChI=1S/C17H20N2O3S2/c1-3-18-24(21,22)14-6-4-13(5-7-14)17(20)19-10-8-16-15(12(19)2)9-11-23-16/h4-7,9,11-12,18H,3,8,10H2,1-2H3/t12-/m0/s1. The number of nitrogens with one attached hydrogen (secondary N) is 1. The van der Waals surface area contributed by atoms with E-state index in [0.717, 1.165) is 6.42 Å². The summed E-state index contributed by atoms with van der Waals surface area (Å²) in [6, 6.07) is 8.25. The number of amides is 1. The van der Waals surface area contributed by atoms with Crippen LogP contribution in [0.25, 0.3) is 0 Å². The zero-order chi connectivity index (χ0) is 17.3. The molecular weight excluding hydrogens is 344 g/mol. The Morgan fingerprint density at radius 2 is 2.00 bits per heavy atom. The molecule has 1 atom stereocenters. The maximum absolute atomic E-state index is 12.8. The molecule has 2 heterocycles. The van der Waals surface area contributed by atoms with Crippen LogP contribution in [0, 0.1) is 0 Å². The van der Waals surface area contributed by atoms with Gasteiger partial charge in [-0.3, -0.25) is 4.79 Å². The molecule has 0 bridgehead atoms. The molecule has 0 unspecified atom stereocenters. The molecule has 128 valence electrons. The highest BCUT2D eigenvalue weighted by molar-refractivity contribution is 7.89. The number of nitrogens with zero attached hydrogens (tertiary/aromatic N) is 1. The lowest BCUT2D eigenvalue weighted by atomic mass is 10.0. The number of carbonyl (C=O) groups is 1. The van der Waals surface area contributed by atoms with E-state index in [1.54, 1.807) is 30.4 Å². The molecule has 0 saturated carbocycles. The third-order valence-corrected chi connectivity index (χ3v) is 6.84. The highest BCUT2D eigenvalue weighted by Gasteiger charge is 2.29. The number of fused-ring (bicyclic) bond motifs is 1. The summed E-state index contributed by atoms with van der Waals surface area (Å²) in [6.45, 7) is 4.78. The van der Waals surface area contributed by atoms with Gasteiger partial charge in [0.25, 0.3) is 5.91 Å². The van der Waals surface area contributed by atoms with Gasteiger partial charge in [-0.1, -0.05) is 6.92 Å².